The van der Waals surface area contributed by atoms with Crippen molar-refractivity contribution in [1.82, 2.24) is 20.2 Å². The summed E-state index contributed by atoms with van der Waals surface area (Å²) >= 11 is 1.27. The SMILES string of the molecule is O=C(CSc1nnnn1C1CCCCC1)c1ccc(O)cc1O. The van der Waals surface area contributed by atoms with E-state index in [0.717, 1.165) is 18.9 Å². The molecule has 0 unspecified atom stereocenters. The van der Waals surface area contributed by atoms with Crippen LogP contribution in [0.25, 0.3) is 0 Å². The predicted octanol–water partition coefficient (Wildman–Crippen LogP) is 2.56. The van der Waals surface area contributed by atoms with Gasteiger partial charge >= 0.3 is 0 Å². The molecule has 1 saturated carbocycles. The molecule has 2 N–H and O–H groups in total. The molecule has 23 heavy (non-hydrogen) atoms. The zero-order chi connectivity index (χ0) is 16.2. The molecule has 0 amide bonds. The zero-order valence-electron chi connectivity index (χ0n) is 12.6. The lowest BCUT2D eigenvalue weighted by atomic mass is 9.96. The van der Waals surface area contributed by atoms with Gasteiger partial charge in [-0.15, -0.1) is 5.10 Å². The van der Waals surface area contributed by atoms with E-state index in [1.807, 2.05) is 4.68 Å². The Labute approximate surface area is 137 Å². The number of ketones is 1. The average molecular weight is 334 g/mol. The fraction of sp³-hybridized carbons (Fsp3) is 0.467. The third-order valence-corrected chi connectivity index (χ3v) is 4.93. The number of carbonyl (C=O) groups is 1. The average Bonchev–Trinajstić information content (AvgIpc) is 3.02. The van der Waals surface area contributed by atoms with Gasteiger partial charge in [-0.05, 0) is 35.4 Å². The van der Waals surface area contributed by atoms with Gasteiger partial charge in [-0.1, -0.05) is 31.0 Å². The van der Waals surface area contributed by atoms with Crippen LogP contribution in [0.5, 0.6) is 11.5 Å². The maximum Gasteiger partial charge on any atom is 0.210 e. The molecule has 122 valence electrons. The van der Waals surface area contributed by atoms with Crippen molar-refractivity contribution in [3.05, 3.63) is 23.8 Å². The molecule has 1 aromatic heterocycles. The van der Waals surface area contributed by atoms with E-state index in [1.54, 1.807) is 0 Å². The van der Waals surface area contributed by atoms with Gasteiger partial charge in [0.25, 0.3) is 0 Å². The summed E-state index contributed by atoms with van der Waals surface area (Å²) in [6.45, 7) is 0. The molecular weight excluding hydrogens is 316 g/mol. The molecule has 0 aliphatic heterocycles. The van der Waals surface area contributed by atoms with Gasteiger partial charge in [0.2, 0.25) is 5.16 Å². The number of carbonyl (C=O) groups excluding carboxylic acids is 1. The summed E-state index contributed by atoms with van der Waals surface area (Å²) < 4.78 is 1.81. The Kier molecular flexibility index (Phi) is 4.80. The number of aromatic hydroxyl groups is 2. The fourth-order valence-corrected chi connectivity index (χ4v) is 3.63. The third kappa shape index (κ3) is 3.64. The standard InChI is InChI=1S/C15H18N4O3S/c20-11-6-7-12(13(21)8-11)14(22)9-23-15-16-17-18-19(15)10-4-2-1-3-5-10/h6-8,10,20-21H,1-5,9H2. The summed E-state index contributed by atoms with van der Waals surface area (Å²) in [5.41, 5.74) is 0.187. The van der Waals surface area contributed by atoms with Crippen LogP contribution in [0.15, 0.2) is 23.4 Å². The van der Waals surface area contributed by atoms with Crippen molar-refractivity contribution in [3.8, 4) is 11.5 Å². The van der Waals surface area contributed by atoms with Crippen LogP contribution in [0, 0.1) is 0 Å². The lowest BCUT2D eigenvalue weighted by Gasteiger charge is -2.21. The molecule has 1 aliphatic rings. The first kappa shape index (κ1) is 15.8. The number of hydrogen-bond donors (Lipinski definition) is 2. The molecule has 1 aromatic carbocycles. The second-order valence-corrected chi connectivity index (χ2v) is 6.55. The maximum atomic E-state index is 12.2. The van der Waals surface area contributed by atoms with Gasteiger partial charge in [-0.25, -0.2) is 4.68 Å². The lowest BCUT2D eigenvalue weighted by molar-refractivity contribution is 0.102. The highest BCUT2D eigenvalue weighted by molar-refractivity contribution is 7.99. The lowest BCUT2D eigenvalue weighted by Crippen LogP contribution is -2.15. The van der Waals surface area contributed by atoms with Crippen molar-refractivity contribution in [1.29, 1.82) is 0 Å². The van der Waals surface area contributed by atoms with Crippen LogP contribution in [0.2, 0.25) is 0 Å². The van der Waals surface area contributed by atoms with Gasteiger partial charge in [0.1, 0.15) is 11.5 Å². The van der Waals surface area contributed by atoms with E-state index in [9.17, 15) is 15.0 Å². The second-order valence-electron chi connectivity index (χ2n) is 5.61. The van der Waals surface area contributed by atoms with Crippen LogP contribution >= 0.6 is 11.8 Å². The highest BCUT2D eigenvalue weighted by Gasteiger charge is 2.21. The van der Waals surface area contributed by atoms with Crippen molar-refractivity contribution in [2.45, 2.75) is 43.3 Å². The first-order valence-corrected chi connectivity index (χ1v) is 8.59. The van der Waals surface area contributed by atoms with Gasteiger partial charge in [-0.2, -0.15) is 0 Å². The molecule has 0 bridgehead atoms. The summed E-state index contributed by atoms with van der Waals surface area (Å²) in [6, 6.07) is 4.25. The van der Waals surface area contributed by atoms with Crippen molar-refractivity contribution >= 4 is 17.5 Å². The molecule has 0 radical (unpaired) electrons. The predicted molar refractivity (Wildman–Crippen MR) is 84.8 cm³/mol. The summed E-state index contributed by atoms with van der Waals surface area (Å²) in [6.07, 6.45) is 5.72. The smallest absolute Gasteiger partial charge is 0.210 e. The van der Waals surface area contributed by atoms with E-state index in [0.29, 0.717) is 11.2 Å². The quantitative estimate of drug-likeness (QED) is 0.640. The summed E-state index contributed by atoms with van der Waals surface area (Å²) in [5.74, 6) is -0.396. The van der Waals surface area contributed by atoms with E-state index in [2.05, 4.69) is 15.5 Å². The minimum absolute atomic E-state index is 0.0760. The third-order valence-electron chi connectivity index (χ3n) is 4.00. The second kappa shape index (κ2) is 6.99. The number of aromatic nitrogens is 4. The minimum Gasteiger partial charge on any atom is -0.508 e. The normalized spacial score (nSPS) is 15.7. The topological polar surface area (TPSA) is 101 Å². The van der Waals surface area contributed by atoms with Crippen molar-refractivity contribution < 1.29 is 15.0 Å². The summed E-state index contributed by atoms with van der Waals surface area (Å²) in [4.78, 5) is 12.2. The monoisotopic (exact) mass is 334 g/mol. The van der Waals surface area contributed by atoms with E-state index in [-0.39, 0.29) is 28.6 Å². The number of nitrogens with zero attached hydrogens (tertiary/aromatic N) is 4. The Morgan fingerprint density at radius 2 is 2.04 bits per heavy atom. The number of thioether (sulfide) groups is 1. The van der Waals surface area contributed by atoms with Crippen molar-refractivity contribution in [2.24, 2.45) is 0 Å². The Morgan fingerprint density at radius 3 is 2.78 bits per heavy atom. The molecule has 0 atom stereocenters. The molecule has 1 aliphatic carbocycles. The van der Waals surface area contributed by atoms with Gasteiger partial charge in [0.05, 0.1) is 17.4 Å². The Hall–Kier alpha value is -2.09. The van der Waals surface area contributed by atoms with Crippen LogP contribution < -0.4 is 0 Å². The molecule has 2 aromatic rings. The Morgan fingerprint density at radius 1 is 1.26 bits per heavy atom. The van der Waals surface area contributed by atoms with Gasteiger partial charge in [-0.3, -0.25) is 4.79 Å². The Bertz CT molecular complexity index is 698. The molecule has 3 rings (SSSR count). The number of Topliss-reactive ketones (excluding diaryl/α,β-unsaturated/α-hetero) is 1. The Balaban J connectivity index is 1.66. The number of phenols is 2. The molecule has 0 spiro atoms. The molecule has 8 heteroatoms. The van der Waals surface area contributed by atoms with Crippen LogP contribution in [-0.2, 0) is 0 Å². The highest BCUT2D eigenvalue weighted by Crippen LogP contribution is 2.31. The van der Waals surface area contributed by atoms with Crippen molar-refractivity contribution in [2.75, 3.05) is 5.75 Å². The minimum atomic E-state index is -0.231. The van der Waals surface area contributed by atoms with Gasteiger partial charge in [0, 0.05) is 6.07 Å². The summed E-state index contributed by atoms with van der Waals surface area (Å²) in [7, 11) is 0. The largest absolute Gasteiger partial charge is 0.508 e. The summed E-state index contributed by atoms with van der Waals surface area (Å²) in [5, 5.41) is 31.4. The molecule has 1 heterocycles. The van der Waals surface area contributed by atoms with Crippen molar-refractivity contribution in [3.63, 3.8) is 0 Å². The van der Waals surface area contributed by atoms with E-state index in [4.69, 9.17) is 0 Å². The van der Waals surface area contributed by atoms with Gasteiger partial charge < -0.3 is 10.2 Å². The molecule has 1 fully saturated rings. The first-order chi connectivity index (χ1) is 11.1. The van der Waals surface area contributed by atoms with E-state index in [1.165, 1.54) is 43.2 Å². The number of rotatable bonds is 5. The first-order valence-electron chi connectivity index (χ1n) is 7.61. The molecule has 7 nitrogen and oxygen atoms in total. The van der Waals surface area contributed by atoms with E-state index >= 15 is 0 Å². The fourth-order valence-electron chi connectivity index (χ4n) is 2.80. The molecular formula is C15H18N4O3S. The molecule has 0 saturated heterocycles. The highest BCUT2D eigenvalue weighted by atomic mass is 32.2. The van der Waals surface area contributed by atoms with Crippen LogP contribution in [0.1, 0.15) is 48.5 Å². The van der Waals surface area contributed by atoms with Crippen LogP contribution in [0.4, 0.5) is 0 Å². The number of phenolic OH excluding ortho intramolecular Hbond substituents is 2. The number of hydrogen-bond acceptors (Lipinski definition) is 7. The maximum absolute atomic E-state index is 12.2. The number of benzene rings is 1. The van der Waals surface area contributed by atoms with Crippen LogP contribution in [-0.4, -0.2) is 42.0 Å². The van der Waals surface area contributed by atoms with Gasteiger partial charge in [0.15, 0.2) is 5.78 Å². The zero-order valence-corrected chi connectivity index (χ0v) is 13.4. The number of tetrazole rings is 1. The van der Waals surface area contributed by atoms with E-state index < -0.39 is 0 Å². The van der Waals surface area contributed by atoms with Crippen LogP contribution in [0.3, 0.4) is 0 Å².